The number of hydrogen-bond acceptors (Lipinski definition) is 6. The Morgan fingerprint density at radius 2 is 1.75 bits per heavy atom. The highest BCUT2D eigenvalue weighted by atomic mass is 35.5. The first kappa shape index (κ1) is 28.8. The monoisotopic (exact) mass is 585 g/mol. The summed E-state index contributed by atoms with van der Waals surface area (Å²) in [5.41, 5.74) is 1.18. The highest BCUT2D eigenvalue weighted by Gasteiger charge is 2.19. The van der Waals surface area contributed by atoms with Crippen molar-refractivity contribution in [3.05, 3.63) is 118 Å². The van der Waals surface area contributed by atoms with Gasteiger partial charge in [0.2, 0.25) is 10.0 Å². The molecule has 0 saturated carbocycles. The van der Waals surface area contributed by atoms with Gasteiger partial charge in [-0.25, -0.2) is 21.9 Å². The lowest BCUT2D eigenvalue weighted by molar-refractivity contribution is -0.118. The molecule has 12 heteroatoms. The zero-order valence-electron chi connectivity index (χ0n) is 21.0. The van der Waals surface area contributed by atoms with Crippen LogP contribution in [0.4, 0.5) is 14.5 Å². The molecule has 1 heterocycles. The standard InChI is InChI=1S/C28H22ClF2N3O5S/c1-17-9-23(40(37,38)33-15-18-3-2-8-32-14-18)5-6-25(17)34-27(35)16-39-26-7-4-20(29)12-24(26)28(36)19-10-21(30)13-22(31)11-19/h2-14,33H,15-16H2,1H3,(H,34,35). The van der Waals surface area contributed by atoms with Crippen molar-refractivity contribution in [2.75, 3.05) is 11.9 Å². The van der Waals surface area contributed by atoms with Crippen molar-refractivity contribution < 1.29 is 31.5 Å². The molecule has 0 atom stereocenters. The number of aryl methyl sites for hydroxylation is 1. The number of nitrogens with one attached hydrogen (secondary N) is 2. The second-order valence-electron chi connectivity index (χ2n) is 8.63. The topological polar surface area (TPSA) is 114 Å². The van der Waals surface area contributed by atoms with E-state index in [0.717, 1.165) is 12.1 Å². The fourth-order valence-corrected chi connectivity index (χ4v) is 4.96. The quantitative estimate of drug-likeness (QED) is 0.252. The summed E-state index contributed by atoms with van der Waals surface area (Å²) in [6, 6.07) is 14.1. The summed E-state index contributed by atoms with van der Waals surface area (Å²) >= 11 is 6.01. The van der Waals surface area contributed by atoms with Crippen molar-refractivity contribution in [2.24, 2.45) is 0 Å². The maximum atomic E-state index is 13.6. The van der Waals surface area contributed by atoms with E-state index in [1.54, 1.807) is 31.5 Å². The van der Waals surface area contributed by atoms with E-state index in [1.807, 2.05) is 0 Å². The number of amides is 1. The van der Waals surface area contributed by atoms with Crippen LogP contribution in [0.1, 0.15) is 27.0 Å². The van der Waals surface area contributed by atoms with Crippen LogP contribution >= 0.6 is 11.6 Å². The normalized spacial score (nSPS) is 11.2. The smallest absolute Gasteiger partial charge is 0.262 e. The molecule has 0 bridgehead atoms. The van der Waals surface area contributed by atoms with Gasteiger partial charge in [0.25, 0.3) is 5.91 Å². The number of aromatic nitrogens is 1. The fraction of sp³-hybridized carbons (Fsp3) is 0.107. The lowest BCUT2D eigenvalue weighted by atomic mass is 10.0. The van der Waals surface area contributed by atoms with E-state index in [9.17, 15) is 26.8 Å². The van der Waals surface area contributed by atoms with E-state index < -0.39 is 40.0 Å². The molecule has 0 aliphatic carbocycles. The summed E-state index contributed by atoms with van der Waals surface area (Å²) < 4.78 is 60.7. The molecular formula is C28H22ClF2N3O5S. The van der Waals surface area contributed by atoms with Crippen molar-refractivity contribution in [1.29, 1.82) is 0 Å². The maximum absolute atomic E-state index is 13.6. The highest BCUT2D eigenvalue weighted by molar-refractivity contribution is 7.89. The Kier molecular flexibility index (Phi) is 8.88. The van der Waals surface area contributed by atoms with Gasteiger partial charge < -0.3 is 10.1 Å². The van der Waals surface area contributed by atoms with Gasteiger partial charge in [-0.2, -0.15) is 0 Å². The van der Waals surface area contributed by atoms with Crippen LogP contribution in [-0.2, 0) is 21.4 Å². The molecule has 4 rings (SSSR count). The van der Waals surface area contributed by atoms with Gasteiger partial charge in [-0.05, 0) is 72.6 Å². The first-order valence-corrected chi connectivity index (χ1v) is 13.6. The summed E-state index contributed by atoms with van der Waals surface area (Å²) in [6.07, 6.45) is 3.14. The molecule has 2 N–H and O–H groups in total. The predicted octanol–water partition coefficient (Wildman–Crippen LogP) is 5.05. The average molecular weight is 586 g/mol. The lowest BCUT2D eigenvalue weighted by Gasteiger charge is -2.14. The molecule has 4 aromatic rings. The third kappa shape index (κ3) is 7.26. The van der Waals surface area contributed by atoms with Crippen molar-refractivity contribution in [2.45, 2.75) is 18.4 Å². The van der Waals surface area contributed by atoms with Crippen LogP contribution in [-0.4, -0.2) is 31.7 Å². The minimum Gasteiger partial charge on any atom is -0.483 e. The van der Waals surface area contributed by atoms with Crippen LogP contribution in [0.5, 0.6) is 5.75 Å². The van der Waals surface area contributed by atoms with Crippen molar-refractivity contribution >= 4 is 39.0 Å². The molecule has 0 radical (unpaired) electrons. The van der Waals surface area contributed by atoms with Crippen molar-refractivity contribution in [3.63, 3.8) is 0 Å². The number of carbonyl (C=O) groups excluding carboxylic acids is 2. The zero-order chi connectivity index (χ0) is 28.9. The molecule has 0 unspecified atom stereocenters. The number of nitrogens with zero attached hydrogens (tertiary/aromatic N) is 1. The summed E-state index contributed by atoms with van der Waals surface area (Å²) in [7, 11) is -3.82. The van der Waals surface area contributed by atoms with Gasteiger partial charge in [-0.3, -0.25) is 14.6 Å². The number of hydrogen-bond donors (Lipinski definition) is 2. The third-order valence-corrected chi connectivity index (χ3v) is 7.28. The fourth-order valence-electron chi connectivity index (χ4n) is 3.68. The summed E-state index contributed by atoms with van der Waals surface area (Å²) in [6.45, 7) is 1.17. The van der Waals surface area contributed by atoms with Gasteiger partial charge in [0.05, 0.1) is 10.5 Å². The number of ketones is 1. The van der Waals surface area contributed by atoms with Crippen LogP contribution in [0.25, 0.3) is 0 Å². The molecule has 8 nitrogen and oxygen atoms in total. The van der Waals surface area contributed by atoms with Crippen molar-refractivity contribution in [1.82, 2.24) is 9.71 Å². The molecular weight excluding hydrogens is 564 g/mol. The number of ether oxygens (including phenoxy) is 1. The summed E-state index contributed by atoms with van der Waals surface area (Å²) in [4.78, 5) is 29.5. The van der Waals surface area contributed by atoms with E-state index in [4.69, 9.17) is 16.3 Å². The first-order chi connectivity index (χ1) is 19.0. The largest absolute Gasteiger partial charge is 0.483 e. The van der Waals surface area contributed by atoms with E-state index in [0.29, 0.717) is 22.9 Å². The minimum atomic E-state index is -3.82. The Hall–Kier alpha value is -4.19. The average Bonchev–Trinajstić information content (AvgIpc) is 2.92. The number of halogens is 3. The van der Waals surface area contributed by atoms with Gasteiger partial charge in [0, 0.05) is 41.3 Å². The number of pyridine rings is 1. The molecule has 0 saturated heterocycles. The molecule has 0 fully saturated rings. The number of anilines is 1. The number of benzene rings is 3. The number of sulfonamides is 1. The Balaban J connectivity index is 1.42. The first-order valence-electron chi connectivity index (χ1n) is 11.7. The van der Waals surface area contributed by atoms with Crippen LogP contribution in [0.2, 0.25) is 5.02 Å². The Morgan fingerprint density at radius 3 is 2.42 bits per heavy atom. The molecule has 0 spiro atoms. The minimum absolute atomic E-state index is 0.0150. The van der Waals surface area contributed by atoms with E-state index in [2.05, 4.69) is 15.0 Å². The van der Waals surface area contributed by atoms with Gasteiger partial charge in [0.15, 0.2) is 12.4 Å². The summed E-state index contributed by atoms with van der Waals surface area (Å²) in [5, 5.41) is 2.80. The van der Waals surface area contributed by atoms with Gasteiger partial charge in [-0.1, -0.05) is 17.7 Å². The molecule has 1 aromatic heterocycles. The Bertz CT molecular complexity index is 1660. The highest BCUT2D eigenvalue weighted by Crippen LogP contribution is 2.27. The predicted molar refractivity (Wildman–Crippen MR) is 145 cm³/mol. The molecule has 0 aliphatic rings. The van der Waals surface area contributed by atoms with Crippen LogP contribution in [0, 0.1) is 18.6 Å². The summed E-state index contributed by atoms with van der Waals surface area (Å²) in [5.74, 6) is -3.22. The van der Waals surface area contributed by atoms with E-state index in [-0.39, 0.29) is 33.3 Å². The molecule has 1 amide bonds. The number of carbonyl (C=O) groups is 2. The second kappa shape index (κ2) is 12.3. The van der Waals surface area contributed by atoms with Crippen LogP contribution in [0.15, 0.2) is 84.0 Å². The van der Waals surface area contributed by atoms with Gasteiger partial charge >= 0.3 is 0 Å². The molecule has 3 aromatic carbocycles. The van der Waals surface area contributed by atoms with E-state index in [1.165, 1.54) is 36.4 Å². The van der Waals surface area contributed by atoms with Gasteiger partial charge in [-0.15, -0.1) is 0 Å². The maximum Gasteiger partial charge on any atom is 0.262 e. The van der Waals surface area contributed by atoms with Crippen LogP contribution < -0.4 is 14.8 Å². The zero-order valence-corrected chi connectivity index (χ0v) is 22.5. The van der Waals surface area contributed by atoms with Gasteiger partial charge in [0.1, 0.15) is 17.4 Å². The third-order valence-electron chi connectivity index (χ3n) is 5.64. The molecule has 206 valence electrons. The van der Waals surface area contributed by atoms with E-state index >= 15 is 0 Å². The Labute approximate surface area is 234 Å². The SMILES string of the molecule is Cc1cc(S(=O)(=O)NCc2cccnc2)ccc1NC(=O)COc1ccc(Cl)cc1C(=O)c1cc(F)cc(F)c1. The Morgan fingerprint density at radius 1 is 1.00 bits per heavy atom. The molecule has 0 aliphatic heterocycles. The lowest BCUT2D eigenvalue weighted by Crippen LogP contribution is -2.24. The molecule has 40 heavy (non-hydrogen) atoms. The number of rotatable bonds is 10. The van der Waals surface area contributed by atoms with Crippen LogP contribution in [0.3, 0.4) is 0 Å². The second-order valence-corrected chi connectivity index (χ2v) is 10.8. The van der Waals surface area contributed by atoms with Crippen molar-refractivity contribution in [3.8, 4) is 5.75 Å².